The Labute approximate surface area is 72.6 Å². The van der Waals surface area contributed by atoms with Crippen LogP contribution in [0.1, 0.15) is 0 Å². The summed E-state index contributed by atoms with van der Waals surface area (Å²) in [5, 5.41) is 0.320. The molecular formula is C8H4ClNO2. The van der Waals surface area contributed by atoms with E-state index in [-0.39, 0.29) is 10.9 Å². The van der Waals surface area contributed by atoms with Crippen molar-refractivity contribution in [1.29, 1.82) is 0 Å². The summed E-state index contributed by atoms with van der Waals surface area (Å²) in [4.78, 5) is 14.6. The predicted octanol–water partition coefficient (Wildman–Crippen LogP) is 1.84. The summed E-state index contributed by atoms with van der Waals surface area (Å²) in [5.41, 5.74) is 0.101. The fourth-order valence-corrected chi connectivity index (χ4v) is 1.15. The molecule has 0 aliphatic rings. The number of hydrogen-bond donors (Lipinski definition) is 0. The molecule has 1 aromatic carbocycles. The summed E-state index contributed by atoms with van der Waals surface area (Å²) in [7, 11) is 0. The van der Waals surface area contributed by atoms with E-state index in [1.165, 1.54) is 0 Å². The van der Waals surface area contributed by atoms with E-state index in [9.17, 15) is 4.79 Å². The fourth-order valence-electron chi connectivity index (χ4n) is 0.986. The molecule has 1 heterocycles. The van der Waals surface area contributed by atoms with Crippen molar-refractivity contribution in [3.63, 3.8) is 0 Å². The van der Waals surface area contributed by atoms with Gasteiger partial charge < -0.3 is 4.42 Å². The van der Waals surface area contributed by atoms with E-state index in [4.69, 9.17) is 16.0 Å². The molecule has 2 rings (SSSR count). The highest BCUT2D eigenvalue weighted by atomic mass is 35.5. The molecule has 0 unspecified atom stereocenters. The SMILES string of the molecule is O=c1nc(Cl)oc2ccccc12. The summed E-state index contributed by atoms with van der Waals surface area (Å²) in [5.74, 6) is 0. The third-order valence-corrected chi connectivity index (χ3v) is 1.66. The lowest BCUT2D eigenvalue weighted by molar-refractivity contribution is 0.579. The molecule has 0 atom stereocenters. The number of rotatable bonds is 0. The van der Waals surface area contributed by atoms with Crippen LogP contribution in [0.2, 0.25) is 5.35 Å². The van der Waals surface area contributed by atoms with Gasteiger partial charge in [-0.1, -0.05) is 12.1 Å². The Morgan fingerprint density at radius 1 is 1.33 bits per heavy atom. The zero-order valence-electron chi connectivity index (χ0n) is 5.95. The Morgan fingerprint density at radius 3 is 2.92 bits per heavy atom. The van der Waals surface area contributed by atoms with Crippen LogP contribution in [0.15, 0.2) is 33.5 Å². The van der Waals surface area contributed by atoms with Crippen LogP contribution in [0.25, 0.3) is 11.0 Å². The zero-order valence-corrected chi connectivity index (χ0v) is 6.71. The van der Waals surface area contributed by atoms with E-state index in [0.717, 1.165) is 0 Å². The lowest BCUT2D eigenvalue weighted by atomic mass is 10.3. The first-order chi connectivity index (χ1) is 5.77. The standard InChI is InChI=1S/C8H4ClNO2/c9-8-10-7(11)5-3-1-2-4-6(5)12-8/h1-4H. The van der Waals surface area contributed by atoms with Crippen molar-refractivity contribution in [2.75, 3.05) is 0 Å². The summed E-state index contributed by atoms with van der Waals surface area (Å²) < 4.78 is 5.00. The summed E-state index contributed by atoms with van der Waals surface area (Å²) in [6, 6.07) is 6.82. The minimum Gasteiger partial charge on any atom is -0.429 e. The maximum Gasteiger partial charge on any atom is 0.295 e. The summed E-state index contributed by atoms with van der Waals surface area (Å²) >= 11 is 5.45. The van der Waals surface area contributed by atoms with Gasteiger partial charge in [-0.15, -0.1) is 0 Å². The van der Waals surface area contributed by atoms with Gasteiger partial charge in [-0.05, 0) is 23.7 Å². The van der Waals surface area contributed by atoms with Crippen LogP contribution in [0.3, 0.4) is 0 Å². The molecule has 60 valence electrons. The maximum absolute atomic E-state index is 11.1. The highest BCUT2D eigenvalue weighted by Crippen LogP contribution is 2.11. The second-order valence-corrected chi connectivity index (χ2v) is 2.59. The normalized spacial score (nSPS) is 10.4. The smallest absolute Gasteiger partial charge is 0.295 e. The average Bonchev–Trinajstić information content (AvgIpc) is 2.04. The van der Waals surface area contributed by atoms with Crippen LogP contribution in [0.4, 0.5) is 0 Å². The van der Waals surface area contributed by atoms with Gasteiger partial charge >= 0.3 is 0 Å². The molecule has 3 nitrogen and oxygen atoms in total. The van der Waals surface area contributed by atoms with E-state index < -0.39 is 0 Å². The molecule has 12 heavy (non-hydrogen) atoms. The van der Waals surface area contributed by atoms with Gasteiger partial charge in [0.05, 0.1) is 5.39 Å². The third-order valence-electron chi connectivity index (χ3n) is 1.50. The Hall–Kier alpha value is -1.35. The Kier molecular flexibility index (Phi) is 1.59. The highest BCUT2D eigenvalue weighted by molar-refractivity contribution is 6.27. The number of para-hydroxylation sites is 1. The second-order valence-electron chi connectivity index (χ2n) is 2.27. The molecule has 0 spiro atoms. The van der Waals surface area contributed by atoms with E-state index in [1.807, 2.05) is 0 Å². The van der Waals surface area contributed by atoms with Crippen molar-refractivity contribution >= 4 is 22.6 Å². The topological polar surface area (TPSA) is 43.1 Å². The van der Waals surface area contributed by atoms with Gasteiger partial charge in [-0.2, -0.15) is 4.98 Å². The van der Waals surface area contributed by atoms with Gasteiger partial charge in [0.15, 0.2) is 0 Å². The monoisotopic (exact) mass is 181 g/mol. The molecule has 0 aliphatic heterocycles. The Balaban J connectivity index is 2.99. The van der Waals surface area contributed by atoms with E-state index in [2.05, 4.69) is 4.98 Å². The van der Waals surface area contributed by atoms with Gasteiger partial charge in [0.1, 0.15) is 5.58 Å². The molecule has 0 bridgehead atoms. The molecule has 0 saturated carbocycles. The van der Waals surface area contributed by atoms with Crippen LogP contribution >= 0.6 is 11.6 Å². The molecular weight excluding hydrogens is 178 g/mol. The van der Waals surface area contributed by atoms with Crippen LogP contribution < -0.4 is 5.56 Å². The van der Waals surface area contributed by atoms with Crippen molar-refractivity contribution in [3.05, 3.63) is 40.0 Å². The summed E-state index contributed by atoms with van der Waals surface area (Å²) in [6.07, 6.45) is 0. The first-order valence-corrected chi connectivity index (χ1v) is 3.70. The summed E-state index contributed by atoms with van der Waals surface area (Å²) in [6.45, 7) is 0. The molecule has 0 N–H and O–H groups in total. The van der Waals surface area contributed by atoms with E-state index >= 15 is 0 Å². The van der Waals surface area contributed by atoms with Gasteiger partial charge in [-0.3, -0.25) is 4.79 Å². The minimum absolute atomic E-state index is 0.126. The van der Waals surface area contributed by atoms with Crippen molar-refractivity contribution in [3.8, 4) is 0 Å². The molecule has 0 fully saturated rings. The van der Waals surface area contributed by atoms with Gasteiger partial charge in [0.25, 0.3) is 10.9 Å². The van der Waals surface area contributed by atoms with E-state index in [0.29, 0.717) is 11.0 Å². The van der Waals surface area contributed by atoms with Gasteiger partial charge in [0, 0.05) is 0 Å². The predicted molar refractivity (Wildman–Crippen MR) is 45.3 cm³/mol. The lowest BCUT2D eigenvalue weighted by Gasteiger charge is -1.93. The number of nitrogens with zero attached hydrogens (tertiary/aromatic N) is 1. The maximum atomic E-state index is 11.1. The number of aromatic nitrogens is 1. The first-order valence-electron chi connectivity index (χ1n) is 3.33. The molecule has 4 heteroatoms. The number of hydrogen-bond acceptors (Lipinski definition) is 3. The highest BCUT2D eigenvalue weighted by Gasteiger charge is 2.01. The van der Waals surface area contributed by atoms with Crippen molar-refractivity contribution in [1.82, 2.24) is 4.98 Å². The van der Waals surface area contributed by atoms with E-state index in [1.54, 1.807) is 24.3 Å². The molecule has 0 saturated heterocycles. The second kappa shape index (κ2) is 2.60. The largest absolute Gasteiger partial charge is 0.429 e. The van der Waals surface area contributed by atoms with Crippen LogP contribution in [0, 0.1) is 0 Å². The third kappa shape index (κ3) is 1.08. The lowest BCUT2D eigenvalue weighted by Crippen LogP contribution is -2.04. The number of fused-ring (bicyclic) bond motifs is 1. The molecule has 2 aromatic rings. The molecule has 0 radical (unpaired) electrons. The van der Waals surface area contributed by atoms with Crippen molar-refractivity contribution in [2.24, 2.45) is 0 Å². The number of halogens is 1. The van der Waals surface area contributed by atoms with Gasteiger partial charge in [-0.25, -0.2) is 0 Å². The van der Waals surface area contributed by atoms with Crippen LogP contribution in [-0.4, -0.2) is 4.98 Å². The molecule has 0 amide bonds. The average molecular weight is 182 g/mol. The van der Waals surface area contributed by atoms with Crippen LogP contribution in [-0.2, 0) is 0 Å². The first kappa shape index (κ1) is 7.31. The quantitative estimate of drug-likeness (QED) is 0.623. The van der Waals surface area contributed by atoms with Gasteiger partial charge in [0.2, 0.25) is 0 Å². The van der Waals surface area contributed by atoms with Crippen LogP contribution in [0.5, 0.6) is 0 Å². The van der Waals surface area contributed by atoms with Crippen molar-refractivity contribution in [2.45, 2.75) is 0 Å². The molecule has 1 aromatic heterocycles. The minimum atomic E-state index is -0.359. The zero-order chi connectivity index (χ0) is 8.55. The van der Waals surface area contributed by atoms with Crippen molar-refractivity contribution < 1.29 is 4.42 Å². The Morgan fingerprint density at radius 2 is 2.08 bits per heavy atom. The molecule has 0 aliphatic carbocycles. The Bertz CT molecular complexity index is 478. The fraction of sp³-hybridized carbons (Fsp3) is 0. The number of benzene rings is 1.